The summed E-state index contributed by atoms with van der Waals surface area (Å²) in [6.07, 6.45) is 6.46. The minimum atomic E-state index is 0.0462. The van der Waals surface area contributed by atoms with Gasteiger partial charge in [-0.05, 0) is 49.8 Å². The maximum absolute atomic E-state index is 9.48. The summed E-state index contributed by atoms with van der Waals surface area (Å²) in [5.74, 6) is 0.909. The molecule has 1 aliphatic rings. The number of nitrogens with zero attached hydrogens (tertiary/aromatic N) is 1. The molecule has 0 heterocycles. The smallest absolute Gasteiger partial charge is 0.0702 e. The highest BCUT2D eigenvalue weighted by atomic mass is 35.5. The average molecular weight is 282 g/mol. The minimum Gasteiger partial charge on any atom is -0.392 e. The van der Waals surface area contributed by atoms with Gasteiger partial charge in [0.05, 0.1) is 6.61 Å². The van der Waals surface area contributed by atoms with Gasteiger partial charge in [0.2, 0.25) is 0 Å². The van der Waals surface area contributed by atoms with Gasteiger partial charge in [0, 0.05) is 29.4 Å². The molecule has 1 aliphatic carbocycles. The molecule has 3 heteroatoms. The number of hydrogen-bond donors (Lipinski definition) is 1. The lowest BCUT2D eigenvalue weighted by Gasteiger charge is -2.36. The summed E-state index contributed by atoms with van der Waals surface area (Å²) in [5.41, 5.74) is 2.04. The Morgan fingerprint density at radius 2 is 1.95 bits per heavy atom. The van der Waals surface area contributed by atoms with E-state index < -0.39 is 0 Å². The molecular weight excluding hydrogens is 258 g/mol. The van der Waals surface area contributed by atoms with E-state index in [1.165, 1.54) is 32.1 Å². The highest BCUT2D eigenvalue weighted by Gasteiger charge is 2.24. The lowest BCUT2D eigenvalue weighted by atomic mass is 9.84. The van der Waals surface area contributed by atoms with Gasteiger partial charge in [-0.3, -0.25) is 0 Å². The molecule has 0 aliphatic heterocycles. The fourth-order valence-electron chi connectivity index (χ4n) is 3.16. The van der Waals surface area contributed by atoms with Crippen molar-refractivity contribution < 1.29 is 5.11 Å². The second-order valence-corrected chi connectivity index (χ2v) is 6.06. The number of rotatable bonds is 4. The maximum Gasteiger partial charge on any atom is 0.0702 e. The lowest BCUT2D eigenvalue weighted by Crippen LogP contribution is -2.35. The van der Waals surface area contributed by atoms with Crippen molar-refractivity contribution in [3.8, 4) is 0 Å². The topological polar surface area (TPSA) is 23.5 Å². The number of benzene rings is 1. The van der Waals surface area contributed by atoms with E-state index in [1.807, 2.05) is 18.2 Å². The van der Waals surface area contributed by atoms with Gasteiger partial charge in [0.1, 0.15) is 0 Å². The van der Waals surface area contributed by atoms with E-state index in [1.54, 1.807) is 0 Å². The molecule has 2 nitrogen and oxygen atoms in total. The van der Waals surface area contributed by atoms with Crippen molar-refractivity contribution in [3.05, 3.63) is 28.8 Å². The molecule has 1 N–H and O–H groups in total. The third-order valence-electron chi connectivity index (χ3n) is 4.53. The summed E-state index contributed by atoms with van der Waals surface area (Å²) >= 11 is 5.99. The molecule has 0 bridgehead atoms. The first-order chi connectivity index (χ1) is 9.15. The highest BCUT2D eigenvalue weighted by molar-refractivity contribution is 6.30. The van der Waals surface area contributed by atoms with Gasteiger partial charge in [0.15, 0.2) is 0 Å². The average Bonchev–Trinajstić information content (AvgIpc) is 2.46. The van der Waals surface area contributed by atoms with Crippen LogP contribution in [0, 0.1) is 5.92 Å². The van der Waals surface area contributed by atoms with Crippen molar-refractivity contribution in [2.75, 3.05) is 11.9 Å². The lowest BCUT2D eigenvalue weighted by molar-refractivity contribution is 0.280. The Labute approximate surface area is 121 Å². The second kappa shape index (κ2) is 6.62. The molecule has 19 heavy (non-hydrogen) atoms. The Morgan fingerprint density at radius 3 is 2.53 bits per heavy atom. The van der Waals surface area contributed by atoms with Crippen LogP contribution in [0.2, 0.25) is 5.02 Å². The van der Waals surface area contributed by atoms with E-state index in [0.29, 0.717) is 11.1 Å². The fourth-order valence-corrected chi connectivity index (χ4v) is 3.36. The van der Waals surface area contributed by atoms with Gasteiger partial charge in [0.25, 0.3) is 0 Å². The second-order valence-electron chi connectivity index (χ2n) is 5.62. The summed E-state index contributed by atoms with van der Waals surface area (Å²) < 4.78 is 0. The summed E-state index contributed by atoms with van der Waals surface area (Å²) in [7, 11) is 2.14. The van der Waals surface area contributed by atoms with E-state index in [4.69, 9.17) is 11.6 Å². The fraction of sp³-hybridized carbons (Fsp3) is 0.625. The maximum atomic E-state index is 9.48. The first kappa shape index (κ1) is 14.7. The number of anilines is 1. The molecule has 1 aromatic rings. The van der Waals surface area contributed by atoms with Gasteiger partial charge in [-0.2, -0.15) is 0 Å². The number of halogens is 1. The van der Waals surface area contributed by atoms with Crippen molar-refractivity contribution in [2.24, 2.45) is 5.92 Å². The number of aliphatic hydroxyl groups is 1. The summed E-state index contributed by atoms with van der Waals surface area (Å²) in [5, 5.41) is 10.2. The van der Waals surface area contributed by atoms with Gasteiger partial charge in [-0.1, -0.05) is 24.9 Å². The van der Waals surface area contributed by atoms with Crippen LogP contribution in [0.1, 0.15) is 44.6 Å². The molecule has 1 fully saturated rings. The zero-order valence-corrected chi connectivity index (χ0v) is 12.7. The SMILES string of the molecule is CCC1CCC(N(C)c2ccc(Cl)cc2CO)CC1. The van der Waals surface area contributed by atoms with Crippen molar-refractivity contribution in [3.63, 3.8) is 0 Å². The van der Waals surface area contributed by atoms with E-state index >= 15 is 0 Å². The standard InChI is InChI=1S/C16H24ClNO/c1-3-12-4-7-15(8-5-12)18(2)16-9-6-14(17)10-13(16)11-19/h6,9-10,12,15,19H,3-5,7-8,11H2,1-2H3. The molecule has 106 valence electrons. The Kier molecular flexibility index (Phi) is 5.12. The molecule has 0 radical (unpaired) electrons. The quantitative estimate of drug-likeness (QED) is 0.892. The largest absolute Gasteiger partial charge is 0.392 e. The van der Waals surface area contributed by atoms with Crippen LogP contribution >= 0.6 is 11.6 Å². The van der Waals surface area contributed by atoms with Crippen LogP contribution in [-0.2, 0) is 6.61 Å². The van der Waals surface area contributed by atoms with Crippen LogP contribution < -0.4 is 4.90 Å². The van der Waals surface area contributed by atoms with E-state index in [2.05, 4.69) is 18.9 Å². The number of aliphatic hydroxyl groups excluding tert-OH is 1. The third-order valence-corrected chi connectivity index (χ3v) is 4.77. The Morgan fingerprint density at radius 1 is 1.26 bits per heavy atom. The summed E-state index contributed by atoms with van der Waals surface area (Å²) in [6, 6.07) is 6.39. The van der Waals surface area contributed by atoms with Crippen molar-refractivity contribution in [1.82, 2.24) is 0 Å². The van der Waals surface area contributed by atoms with Gasteiger partial charge < -0.3 is 10.0 Å². The van der Waals surface area contributed by atoms with Crippen LogP contribution in [0.5, 0.6) is 0 Å². The Hall–Kier alpha value is -0.730. The Balaban J connectivity index is 2.09. The van der Waals surface area contributed by atoms with Crippen LogP contribution in [0.25, 0.3) is 0 Å². The van der Waals surface area contributed by atoms with E-state index in [9.17, 15) is 5.11 Å². The highest BCUT2D eigenvalue weighted by Crippen LogP contribution is 2.33. The zero-order valence-electron chi connectivity index (χ0n) is 11.9. The zero-order chi connectivity index (χ0) is 13.8. The van der Waals surface area contributed by atoms with Crippen LogP contribution in [0.3, 0.4) is 0 Å². The first-order valence-electron chi connectivity index (χ1n) is 7.27. The first-order valence-corrected chi connectivity index (χ1v) is 7.65. The molecular formula is C16H24ClNO. The van der Waals surface area contributed by atoms with Gasteiger partial charge in [-0.25, -0.2) is 0 Å². The van der Waals surface area contributed by atoms with Crippen molar-refractivity contribution in [2.45, 2.75) is 51.7 Å². The Bertz CT molecular complexity index is 413. The summed E-state index contributed by atoms with van der Waals surface area (Å²) in [4.78, 5) is 2.33. The van der Waals surface area contributed by atoms with Crippen LogP contribution in [0.15, 0.2) is 18.2 Å². The molecule has 0 atom stereocenters. The normalized spacial score (nSPS) is 23.4. The molecule has 0 saturated heterocycles. The third kappa shape index (κ3) is 3.43. The molecule has 0 aromatic heterocycles. The monoisotopic (exact) mass is 281 g/mol. The molecule has 2 rings (SSSR count). The van der Waals surface area contributed by atoms with Crippen molar-refractivity contribution >= 4 is 17.3 Å². The van der Waals surface area contributed by atoms with E-state index in [0.717, 1.165) is 17.2 Å². The van der Waals surface area contributed by atoms with Crippen LogP contribution in [0.4, 0.5) is 5.69 Å². The molecule has 1 saturated carbocycles. The molecule has 0 unspecified atom stereocenters. The minimum absolute atomic E-state index is 0.0462. The van der Waals surface area contributed by atoms with Gasteiger partial charge in [-0.15, -0.1) is 0 Å². The summed E-state index contributed by atoms with van der Waals surface area (Å²) in [6.45, 7) is 2.34. The van der Waals surface area contributed by atoms with E-state index in [-0.39, 0.29) is 6.61 Å². The molecule has 0 amide bonds. The van der Waals surface area contributed by atoms with Crippen LogP contribution in [-0.4, -0.2) is 18.2 Å². The number of hydrogen-bond acceptors (Lipinski definition) is 2. The molecule has 1 aromatic carbocycles. The van der Waals surface area contributed by atoms with Crippen molar-refractivity contribution in [1.29, 1.82) is 0 Å². The molecule has 0 spiro atoms. The van der Waals surface area contributed by atoms with Gasteiger partial charge >= 0.3 is 0 Å². The predicted octanol–water partition coefficient (Wildman–Crippen LogP) is 4.24. The predicted molar refractivity (Wildman–Crippen MR) is 81.8 cm³/mol.